The molecule has 3 aliphatic heterocycles. The van der Waals surface area contributed by atoms with Crippen molar-refractivity contribution >= 4 is 39.3 Å². The van der Waals surface area contributed by atoms with Crippen LogP contribution in [0.15, 0.2) is 49.6 Å². The Kier molecular flexibility index (Phi) is 11.9. The lowest BCUT2D eigenvalue weighted by molar-refractivity contribution is -0.151. The van der Waals surface area contributed by atoms with Gasteiger partial charge in [0, 0.05) is 30.1 Å². The number of carbonyl (C=O) groups is 3. The molecule has 0 radical (unpaired) electrons. The summed E-state index contributed by atoms with van der Waals surface area (Å²) in [6.45, 7) is 17.2. The largest absolute Gasteiger partial charge is 0.494 e. The lowest BCUT2D eigenvalue weighted by Crippen LogP contribution is -2.59. The van der Waals surface area contributed by atoms with Crippen LogP contribution in [0.3, 0.4) is 0 Å². The van der Waals surface area contributed by atoms with E-state index < -0.39 is 35.6 Å². The quantitative estimate of drug-likeness (QED) is 0.141. The first-order valence-electron chi connectivity index (χ1n) is 16.4. The number of ether oxygens (including phenoxy) is 2. The minimum Gasteiger partial charge on any atom is -0.494 e. The molecule has 1 spiro atoms. The Balaban J connectivity index is 1.79. The van der Waals surface area contributed by atoms with E-state index in [2.05, 4.69) is 36.0 Å². The van der Waals surface area contributed by atoms with Gasteiger partial charge in [-0.25, -0.2) is 0 Å². The minimum atomic E-state index is -1.21. The van der Waals surface area contributed by atoms with E-state index in [4.69, 9.17) is 9.47 Å². The third-order valence-electron chi connectivity index (χ3n) is 9.32. The number of anilines is 1. The maximum atomic E-state index is 14.7. The zero-order chi connectivity index (χ0) is 32.9. The highest BCUT2D eigenvalue weighted by molar-refractivity contribution is 9.09. The maximum absolute atomic E-state index is 14.7. The van der Waals surface area contributed by atoms with Crippen molar-refractivity contribution < 1.29 is 29.0 Å². The Morgan fingerprint density at radius 3 is 2.42 bits per heavy atom. The van der Waals surface area contributed by atoms with Crippen LogP contribution in [0.2, 0.25) is 0 Å². The van der Waals surface area contributed by atoms with Crippen molar-refractivity contribution in [3.63, 3.8) is 0 Å². The summed E-state index contributed by atoms with van der Waals surface area (Å²) >= 11 is 3.78. The monoisotopic (exact) mass is 687 g/mol. The average molecular weight is 689 g/mol. The molecular formula is C35H50BrN3O6. The van der Waals surface area contributed by atoms with Gasteiger partial charge in [0.2, 0.25) is 17.7 Å². The number of rotatable bonds is 17. The van der Waals surface area contributed by atoms with Crippen molar-refractivity contribution in [2.75, 3.05) is 37.7 Å². The lowest BCUT2D eigenvalue weighted by Gasteiger charge is -2.40. The van der Waals surface area contributed by atoms with Gasteiger partial charge in [0.25, 0.3) is 0 Å². The molecule has 3 aliphatic rings. The predicted octanol–water partition coefficient (Wildman–Crippen LogP) is 4.96. The van der Waals surface area contributed by atoms with Gasteiger partial charge in [-0.3, -0.25) is 14.4 Å². The zero-order valence-corrected chi connectivity index (χ0v) is 28.8. The highest BCUT2D eigenvalue weighted by Gasteiger charge is 2.77. The first-order chi connectivity index (χ1) is 21.6. The molecule has 1 N–H and O–H groups in total. The van der Waals surface area contributed by atoms with Gasteiger partial charge in [-0.05, 0) is 56.4 Å². The van der Waals surface area contributed by atoms with Crippen molar-refractivity contribution in [3.8, 4) is 5.75 Å². The Morgan fingerprint density at radius 1 is 1.16 bits per heavy atom. The fourth-order valence-corrected chi connectivity index (χ4v) is 8.48. The smallest absolute Gasteiger partial charge is 0.248 e. The summed E-state index contributed by atoms with van der Waals surface area (Å²) < 4.78 is 12.4. The fraction of sp³-hybridized carbons (Fsp3) is 0.629. The van der Waals surface area contributed by atoms with Crippen LogP contribution in [0.5, 0.6) is 5.75 Å². The third-order valence-corrected chi connectivity index (χ3v) is 10.2. The molecule has 3 heterocycles. The first-order valence-corrected chi connectivity index (χ1v) is 17.3. The van der Waals surface area contributed by atoms with Gasteiger partial charge in [-0.2, -0.15) is 0 Å². The van der Waals surface area contributed by atoms with Crippen LogP contribution in [0.25, 0.3) is 0 Å². The molecule has 3 fully saturated rings. The average Bonchev–Trinajstić information content (AvgIpc) is 3.61. The minimum absolute atomic E-state index is 0.166. The van der Waals surface area contributed by atoms with E-state index in [1.54, 1.807) is 26.9 Å². The van der Waals surface area contributed by atoms with E-state index in [0.717, 1.165) is 19.3 Å². The van der Waals surface area contributed by atoms with E-state index in [1.165, 1.54) is 0 Å². The molecule has 3 unspecified atom stereocenters. The third kappa shape index (κ3) is 6.74. The number of carbonyl (C=O) groups excluding carboxylic acids is 3. The summed E-state index contributed by atoms with van der Waals surface area (Å²) in [5, 5.41) is 10.6. The number of likely N-dealkylation sites (tertiary alicyclic amines) is 1. The maximum Gasteiger partial charge on any atom is 0.248 e. The normalized spacial score (nSPS) is 27.4. The highest BCUT2D eigenvalue weighted by atomic mass is 79.9. The second-order valence-electron chi connectivity index (χ2n) is 12.8. The van der Waals surface area contributed by atoms with Crippen LogP contribution in [-0.2, 0) is 19.1 Å². The van der Waals surface area contributed by atoms with Crippen molar-refractivity contribution in [3.05, 3.63) is 49.6 Å². The standard InChI is InChI=1S/C35H50BrN3O6/c1-7-11-12-19-37(17-8-2)34(43)31-35-21-27(36)30(45-35)28(29(35)33(42)39(31)25(22-40)20-23(5)6)32(41)38(18-9-3)24-13-15-26(16-14-24)44-10-4/h8-9,13-16,23,25,27-31,40H,2-3,7,10-12,17-22H2,1,4-6H3/t25-,27?,28-,29+,30-,31?,35?/m1/s1. The Labute approximate surface area is 276 Å². The number of unbranched alkanes of at least 4 members (excludes halogenated alkanes) is 2. The molecule has 10 heteroatoms. The number of hydrogen-bond acceptors (Lipinski definition) is 6. The van der Waals surface area contributed by atoms with Gasteiger partial charge in [-0.1, -0.05) is 61.7 Å². The Bertz CT molecular complexity index is 1220. The Morgan fingerprint density at radius 2 is 1.84 bits per heavy atom. The molecule has 4 rings (SSSR count). The van der Waals surface area contributed by atoms with Crippen molar-refractivity contribution in [2.24, 2.45) is 17.8 Å². The number of fused-ring (bicyclic) bond motifs is 1. The zero-order valence-electron chi connectivity index (χ0n) is 27.2. The summed E-state index contributed by atoms with van der Waals surface area (Å²) in [4.78, 5) is 48.6. The van der Waals surface area contributed by atoms with Gasteiger partial charge in [-0.15, -0.1) is 13.2 Å². The molecule has 0 aliphatic carbocycles. The molecule has 2 bridgehead atoms. The molecule has 1 aromatic carbocycles. The van der Waals surface area contributed by atoms with Gasteiger partial charge in [0.15, 0.2) is 0 Å². The number of alkyl halides is 1. The van der Waals surface area contributed by atoms with Gasteiger partial charge < -0.3 is 29.3 Å². The molecule has 248 valence electrons. The molecule has 0 aromatic heterocycles. The topological polar surface area (TPSA) is 99.6 Å². The number of aliphatic hydroxyl groups is 1. The van der Waals surface area contributed by atoms with E-state index in [0.29, 0.717) is 44.0 Å². The fourth-order valence-electron chi connectivity index (χ4n) is 7.54. The van der Waals surface area contributed by atoms with E-state index in [1.807, 2.05) is 45.0 Å². The SMILES string of the molecule is C=CCN(CCCCC)C(=O)C1N([C@@H](CO)CC(C)C)C(=O)[C@@H]2[C@@H](C(=O)N(CC=C)c3ccc(OCC)cc3)[C@@H]3OC12CC3Br. The van der Waals surface area contributed by atoms with Crippen LogP contribution in [0.1, 0.15) is 59.8 Å². The van der Waals surface area contributed by atoms with E-state index in [-0.39, 0.29) is 41.6 Å². The molecule has 7 atom stereocenters. The summed E-state index contributed by atoms with van der Waals surface area (Å²) in [7, 11) is 0. The molecule has 9 nitrogen and oxygen atoms in total. The van der Waals surface area contributed by atoms with Crippen molar-refractivity contribution in [2.45, 2.75) is 88.4 Å². The number of amides is 3. The summed E-state index contributed by atoms with van der Waals surface area (Å²) in [5.41, 5.74) is -0.553. The van der Waals surface area contributed by atoms with Gasteiger partial charge in [0.05, 0.1) is 37.2 Å². The van der Waals surface area contributed by atoms with Gasteiger partial charge >= 0.3 is 0 Å². The first kappa shape index (κ1) is 35.2. The number of hydrogen-bond donors (Lipinski definition) is 1. The number of aliphatic hydroxyl groups excluding tert-OH is 1. The number of halogens is 1. The molecule has 3 amide bonds. The lowest BCUT2D eigenvalue weighted by atomic mass is 9.70. The van der Waals surface area contributed by atoms with Crippen LogP contribution in [-0.4, -0.2) is 94.1 Å². The molecule has 1 aromatic rings. The Hall–Kier alpha value is -2.69. The van der Waals surface area contributed by atoms with Crippen LogP contribution in [0.4, 0.5) is 5.69 Å². The number of benzene rings is 1. The summed E-state index contributed by atoms with van der Waals surface area (Å²) in [6, 6.07) is 5.73. The highest BCUT2D eigenvalue weighted by Crippen LogP contribution is 2.61. The number of nitrogens with zero attached hydrogens (tertiary/aromatic N) is 3. The van der Waals surface area contributed by atoms with Gasteiger partial charge in [0.1, 0.15) is 17.4 Å². The van der Waals surface area contributed by atoms with Crippen molar-refractivity contribution in [1.82, 2.24) is 9.80 Å². The van der Waals surface area contributed by atoms with Crippen LogP contribution >= 0.6 is 15.9 Å². The second kappa shape index (κ2) is 15.3. The van der Waals surface area contributed by atoms with Crippen LogP contribution < -0.4 is 9.64 Å². The molecular weight excluding hydrogens is 638 g/mol. The van der Waals surface area contributed by atoms with E-state index >= 15 is 0 Å². The second-order valence-corrected chi connectivity index (χ2v) is 14.0. The van der Waals surface area contributed by atoms with Crippen LogP contribution in [0, 0.1) is 17.8 Å². The summed E-state index contributed by atoms with van der Waals surface area (Å²) in [5.74, 6) is -1.60. The predicted molar refractivity (Wildman–Crippen MR) is 179 cm³/mol. The summed E-state index contributed by atoms with van der Waals surface area (Å²) in [6.07, 6.45) is 6.50. The molecule has 45 heavy (non-hydrogen) atoms. The van der Waals surface area contributed by atoms with Crippen molar-refractivity contribution in [1.29, 1.82) is 0 Å². The molecule has 0 saturated carbocycles. The molecule has 3 saturated heterocycles. The van der Waals surface area contributed by atoms with E-state index in [9.17, 15) is 19.5 Å².